The molecule has 0 unspecified atom stereocenters. The van der Waals surface area contributed by atoms with Crippen molar-refractivity contribution in [3.05, 3.63) is 80.6 Å². The van der Waals surface area contributed by atoms with Gasteiger partial charge in [0, 0.05) is 53.6 Å². The van der Waals surface area contributed by atoms with E-state index < -0.39 is 11.8 Å². The van der Waals surface area contributed by atoms with Crippen molar-refractivity contribution in [2.45, 2.75) is 70.0 Å². The average molecular weight is 899 g/mol. The van der Waals surface area contributed by atoms with Crippen LogP contribution in [0.2, 0.25) is 0 Å². The van der Waals surface area contributed by atoms with E-state index >= 15 is 0 Å². The third-order valence-corrected chi connectivity index (χ3v) is 13.2. The molecule has 5 heterocycles. The third-order valence-electron chi connectivity index (χ3n) is 10.4. The second-order valence-electron chi connectivity index (χ2n) is 14.6. The predicted octanol–water partition coefficient (Wildman–Crippen LogP) is 5.73. The fourth-order valence-electron chi connectivity index (χ4n) is 7.39. The molecule has 4 amide bonds. The second kappa shape index (κ2) is 19.7. The van der Waals surface area contributed by atoms with E-state index in [1.807, 2.05) is 55.2 Å². The molecule has 62 heavy (non-hydrogen) atoms. The first-order chi connectivity index (χ1) is 29.9. The Morgan fingerprint density at radius 2 is 1.44 bits per heavy atom. The number of nitrogens with zero attached hydrogens (tertiary/aromatic N) is 8. The van der Waals surface area contributed by atoms with Gasteiger partial charge in [-0.3, -0.25) is 39.4 Å². The molecule has 6 N–H and O–H groups in total. The normalized spacial score (nSPS) is 13.4. The number of primary amides is 2. The van der Waals surface area contributed by atoms with Crippen molar-refractivity contribution in [3.63, 3.8) is 0 Å². The van der Waals surface area contributed by atoms with Crippen molar-refractivity contribution in [1.82, 2.24) is 38.8 Å². The lowest BCUT2D eigenvalue weighted by Gasteiger charge is -2.26. The summed E-state index contributed by atoms with van der Waals surface area (Å²) >= 11 is 4.36. The summed E-state index contributed by atoms with van der Waals surface area (Å²) in [4.78, 5) is 71.1. The summed E-state index contributed by atoms with van der Waals surface area (Å²) in [5, 5.41) is 11.3. The first kappa shape index (κ1) is 44.5. The number of amides is 4. The zero-order valence-electron chi connectivity index (χ0n) is 35.3. The molecule has 4 aromatic heterocycles. The molecule has 7 rings (SSSR count). The van der Waals surface area contributed by atoms with Gasteiger partial charge in [-0.1, -0.05) is 19.1 Å². The van der Waals surface area contributed by atoms with Crippen LogP contribution in [0.3, 0.4) is 0 Å². The van der Waals surface area contributed by atoms with Crippen LogP contribution in [-0.2, 0) is 30.8 Å². The number of aromatic nitrogens is 7. The van der Waals surface area contributed by atoms with Gasteiger partial charge < -0.3 is 25.3 Å². The van der Waals surface area contributed by atoms with Crippen LogP contribution in [0.4, 0.5) is 11.9 Å². The highest BCUT2D eigenvalue weighted by molar-refractivity contribution is 7.99. The highest BCUT2D eigenvalue weighted by Gasteiger charge is 2.24. The van der Waals surface area contributed by atoms with Gasteiger partial charge in [0.2, 0.25) is 23.7 Å². The molecule has 0 saturated carbocycles. The largest absolute Gasteiger partial charge is 0.379 e. The first-order valence-corrected chi connectivity index (χ1v) is 23.3. The number of anilines is 2. The smallest absolute Gasteiger partial charge is 0.276 e. The van der Waals surface area contributed by atoms with Crippen LogP contribution in [-0.4, -0.2) is 107 Å². The Labute approximate surface area is 371 Å². The minimum absolute atomic E-state index is 0.269. The van der Waals surface area contributed by atoms with Crippen LogP contribution in [0.5, 0.6) is 0 Å². The monoisotopic (exact) mass is 898 g/mol. The van der Waals surface area contributed by atoms with Gasteiger partial charge in [0.25, 0.3) is 11.8 Å². The van der Waals surface area contributed by atoms with Gasteiger partial charge in [-0.25, -0.2) is 15.0 Å². The maximum atomic E-state index is 13.8. The number of carbonyl (C=O) groups excluding carboxylic acids is 4. The summed E-state index contributed by atoms with van der Waals surface area (Å²) in [6, 6.07) is 8.52. The molecule has 0 radical (unpaired) electrons. The van der Waals surface area contributed by atoms with Gasteiger partial charge in [0.15, 0.2) is 0 Å². The molecule has 326 valence electrons. The quantitative estimate of drug-likeness (QED) is 0.0461. The lowest BCUT2D eigenvalue weighted by molar-refractivity contribution is 0.0381. The molecular formula is C42H50N12O5S3. The predicted molar refractivity (Wildman–Crippen MR) is 245 cm³/mol. The minimum Gasteiger partial charge on any atom is -0.379 e. The van der Waals surface area contributed by atoms with Gasteiger partial charge >= 0.3 is 0 Å². The summed E-state index contributed by atoms with van der Waals surface area (Å²) in [7, 11) is 0. The summed E-state index contributed by atoms with van der Waals surface area (Å²) in [5.74, 6) is -0.534. The highest BCUT2D eigenvalue weighted by Crippen LogP contribution is 2.34. The van der Waals surface area contributed by atoms with Crippen LogP contribution >= 0.6 is 34.9 Å². The van der Waals surface area contributed by atoms with E-state index in [2.05, 4.69) is 25.6 Å². The van der Waals surface area contributed by atoms with Crippen LogP contribution < -0.4 is 22.1 Å². The number of hydrogen-bond acceptors (Lipinski definition) is 13. The molecule has 1 aliphatic rings. The lowest BCUT2D eigenvalue weighted by atomic mass is 10.2. The van der Waals surface area contributed by atoms with E-state index in [1.165, 1.54) is 23.1 Å². The SMILES string of the molecule is CCc1nc(C)sc1C(=O)Nc1nc2cc(C(N)=O)cc(SC)c2n1C/C=C/Cn1c(NC(=O)c2cc(C)nn2CC)nc2cc(C(N)=O)cc(SCCCN3CCOCC3)c21. The number of carbonyl (C=O) groups is 4. The fraction of sp³-hybridized carbons (Fsp3) is 0.381. The number of rotatable bonds is 18. The second-order valence-corrected chi connectivity index (χ2v) is 17.8. The number of aryl methyl sites for hydroxylation is 4. The zero-order chi connectivity index (χ0) is 44.1. The number of benzene rings is 2. The molecule has 0 atom stereocenters. The molecular weight excluding hydrogens is 849 g/mol. The van der Waals surface area contributed by atoms with E-state index in [0.717, 1.165) is 70.9 Å². The van der Waals surface area contributed by atoms with Gasteiger partial charge in [-0.15, -0.1) is 34.9 Å². The van der Waals surface area contributed by atoms with E-state index in [1.54, 1.807) is 46.8 Å². The highest BCUT2D eigenvalue weighted by atomic mass is 32.2. The van der Waals surface area contributed by atoms with Crippen molar-refractivity contribution < 1.29 is 23.9 Å². The molecule has 17 nitrogen and oxygen atoms in total. The number of thiazole rings is 1. The van der Waals surface area contributed by atoms with Crippen molar-refractivity contribution in [2.24, 2.45) is 11.5 Å². The van der Waals surface area contributed by atoms with E-state index in [9.17, 15) is 19.2 Å². The molecule has 20 heteroatoms. The van der Waals surface area contributed by atoms with Gasteiger partial charge in [-0.2, -0.15) is 5.10 Å². The van der Waals surface area contributed by atoms with Gasteiger partial charge in [0.1, 0.15) is 10.6 Å². The molecule has 0 aliphatic carbocycles. The van der Waals surface area contributed by atoms with Crippen molar-refractivity contribution in [2.75, 3.05) is 55.5 Å². The molecule has 1 aliphatic heterocycles. The van der Waals surface area contributed by atoms with Crippen molar-refractivity contribution in [1.29, 1.82) is 0 Å². The Kier molecular flexibility index (Phi) is 14.1. The molecule has 6 aromatic rings. The minimum atomic E-state index is -0.586. The number of nitrogens with one attached hydrogen (secondary N) is 2. The topological polar surface area (TPSA) is 223 Å². The number of nitrogens with two attached hydrogens (primary N) is 2. The van der Waals surface area contributed by atoms with E-state index in [4.69, 9.17) is 26.2 Å². The number of fused-ring (bicyclic) bond motifs is 2. The van der Waals surface area contributed by atoms with Crippen molar-refractivity contribution in [3.8, 4) is 0 Å². The summed E-state index contributed by atoms with van der Waals surface area (Å²) in [5.41, 5.74) is 16.4. The molecule has 2 aromatic carbocycles. The molecule has 1 fully saturated rings. The average Bonchev–Trinajstić information content (AvgIpc) is 4.03. The molecule has 0 bridgehead atoms. The Bertz CT molecular complexity index is 2690. The Balaban J connectivity index is 1.25. The molecule has 1 saturated heterocycles. The summed E-state index contributed by atoms with van der Waals surface area (Å²) < 4.78 is 11.0. The Morgan fingerprint density at radius 1 is 0.839 bits per heavy atom. The third kappa shape index (κ3) is 9.73. The maximum Gasteiger partial charge on any atom is 0.276 e. The lowest BCUT2D eigenvalue weighted by Crippen LogP contribution is -2.36. The number of hydrogen-bond donors (Lipinski definition) is 4. The Morgan fingerprint density at radius 3 is 2.02 bits per heavy atom. The van der Waals surface area contributed by atoms with Crippen LogP contribution in [0.1, 0.15) is 77.5 Å². The van der Waals surface area contributed by atoms with E-state index in [-0.39, 0.29) is 30.9 Å². The standard InChI is InChI=1S/C42H50N12O5S3/c1-6-28-36(62-25(4)45-28)40(58)49-42-46-29-20-26(37(43)55)22-32(60-5)34(29)52(42)12-8-9-13-53-35-30(47-41(53)48-39(57)31-19-24(3)50-54(31)7-2)21-27(38(44)56)23-33(35)61-18-10-11-51-14-16-59-17-15-51/h8-9,19-23H,6-7,10-18H2,1-5H3,(H2,43,55)(H2,44,56)(H,46,49,58)(H,47,48,57)/b9-8+. The molecule has 0 spiro atoms. The summed E-state index contributed by atoms with van der Waals surface area (Å²) in [6.45, 7) is 12.8. The van der Waals surface area contributed by atoms with E-state index in [0.29, 0.717) is 63.0 Å². The van der Waals surface area contributed by atoms with Crippen molar-refractivity contribution >= 4 is 92.5 Å². The Hall–Kier alpha value is -5.54. The van der Waals surface area contributed by atoms with Gasteiger partial charge in [-0.05, 0) is 82.5 Å². The van der Waals surface area contributed by atoms with Crippen LogP contribution in [0.25, 0.3) is 22.1 Å². The first-order valence-electron chi connectivity index (χ1n) is 20.3. The summed E-state index contributed by atoms with van der Waals surface area (Å²) in [6.07, 6.45) is 7.29. The fourth-order valence-corrected chi connectivity index (χ4v) is 10.0. The number of imidazole rings is 2. The number of morpholine rings is 1. The number of allylic oxidation sites excluding steroid dienone is 2. The maximum absolute atomic E-state index is 13.8. The number of ether oxygens (including phenoxy) is 1. The number of thioether (sulfide) groups is 2. The van der Waals surface area contributed by atoms with Crippen LogP contribution in [0.15, 0.2) is 52.3 Å². The zero-order valence-corrected chi connectivity index (χ0v) is 37.8. The van der Waals surface area contributed by atoms with Gasteiger partial charge in [0.05, 0.1) is 51.7 Å². The van der Waals surface area contributed by atoms with Crippen LogP contribution in [0, 0.1) is 13.8 Å².